The predicted molar refractivity (Wildman–Crippen MR) is 94.4 cm³/mol. The maximum Gasteiger partial charge on any atom is 0.287 e. The van der Waals surface area contributed by atoms with Gasteiger partial charge in [-0.2, -0.15) is 5.10 Å². The predicted octanol–water partition coefficient (Wildman–Crippen LogP) is 2.67. The monoisotopic (exact) mass is 357 g/mol. The van der Waals surface area contributed by atoms with Gasteiger partial charge in [0.1, 0.15) is 5.76 Å². The van der Waals surface area contributed by atoms with Crippen LogP contribution in [0.25, 0.3) is 0 Å². The number of aromatic amines is 1. The molecule has 3 aromatic heterocycles. The van der Waals surface area contributed by atoms with E-state index in [1.807, 2.05) is 13.8 Å². The highest BCUT2D eigenvalue weighted by molar-refractivity contribution is 7.98. The molecule has 0 unspecified atom stereocenters. The number of nitrogens with zero attached hydrogens (tertiary/aromatic N) is 3. The fourth-order valence-corrected chi connectivity index (χ4v) is 3.10. The Bertz CT molecular complexity index is 824. The zero-order chi connectivity index (χ0) is 17.6. The summed E-state index contributed by atoms with van der Waals surface area (Å²) < 4.78 is 5.60. The number of amides is 1. The van der Waals surface area contributed by atoms with Gasteiger partial charge in [0.25, 0.3) is 5.91 Å². The highest BCUT2D eigenvalue weighted by Gasteiger charge is 2.12. The second-order valence-electron chi connectivity index (χ2n) is 5.50. The number of thioether (sulfide) groups is 1. The summed E-state index contributed by atoms with van der Waals surface area (Å²) in [6, 6.07) is 5.26. The average Bonchev–Trinajstić information content (AvgIpc) is 3.22. The Balaban J connectivity index is 1.49. The van der Waals surface area contributed by atoms with Gasteiger partial charge in [-0.1, -0.05) is 11.8 Å². The van der Waals surface area contributed by atoms with Gasteiger partial charge in [-0.3, -0.25) is 9.89 Å². The zero-order valence-corrected chi connectivity index (χ0v) is 14.9. The van der Waals surface area contributed by atoms with Crippen LogP contribution in [0.3, 0.4) is 0 Å². The first kappa shape index (κ1) is 17.2. The van der Waals surface area contributed by atoms with E-state index in [4.69, 9.17) is 4.42 Å². The molecule has 8 heteroatoms. The SMILES string of the molecule is Cc1n[nH]c(C)c1CCNC(=O)c1ccc(CSc2ncccn2)o1. The second kappa shape index (κ2) is 7.98. The van der Waals surface area contributed by atoms with Gasteiger partial charge >= 0.3 is 0 Å². The van der Waals surface area contributed by atoms with Crippen LogP contribution in [0.15, 0.2) is 40.2 Å². The van der Waals surface area contributed by atoms with Crippen molar-refractivity contribution in [2.24, 2.45) is 0 Å². The summed E-state index contributed by atoms with van der Waals surface area (Å²) in [7, 11) is 0. The lowest BCUT2D eigenvalue weighted by atomic mass is 10.1. The number of H-pyrrole nitrogens is 1. The van der Waals surface area contributed by atoms with Crippen LogP contribution in [0.5, 0.6) is 0 Å². The first-order valence-electron chi connectivity index (χ1n) is 7.90. The molecule has 0 atom stereocenters. The molecule has 0 aromatic carbocycles. The normalized spacial score (nSPS) is 10.8. The molecule has 2 N–H and O–H groups in total. The molecule has 0 bridgehead atoms. The number of nitrogens with one attached hydrogen (secondary N) is 2. The third kappa shape index (κ3) is 4.48. The number of hydrogen-bond acceptors (Lipinski definition) is 6. The summed E-state index contributed by atoms with van der Waals surface area (Å²) in [5, 5.41) is 10.6. The smallest absolute Gasteiger partial charge is 0.287 e. The number of carbonyl (C=O) groups is 1. The Labute approximate surface area is 149 Å². The minimum absolute atomic E-state index is 0.217. The van der Waals surface area contributed by atoms with E-state index < -0.39 is 0 Å². The maximum absolute atomic E-state index is 12.2. The molecule has 0 spiro atoms. The Hall–Kier alpha value is -2.61. The number of rotatable bonds is 7. The van der Waals surface area contributed by atoms with Gasteiger partial charge < -0.3 is 9.73 Å². The van der Waals surface area contributed by atoms with Gasteiger partial charge in [-0.15, -0.1) is 0 Å². The van der Waals surface area contributed by atoms with Crippen molar-refractivity contribution in [1.29, 1.82) is 0 Å². The Morgan fingerprint density at radius 1 is 1.28 bits per heavy atom. The number of hydrogen-bond donors (Lipinski definition) is 2. The number of aryl methyl sites for hydroxylation is 2. The van der Waals surface area contributed by atoms with Crippen molar-refractivity contribution in [3.63, 3.8) is 0 Å². The van der Waals surface area contributed by atoms with Crippen molar-refractivity contribution in [2.75, 3.05) is 6.54 Å². The molecule has 3 heterocycles. The molecule has 3 aromatic rings. The van der Waals surface area contributed by atoms with Crippen molar-refractivity contribution >= 4 is 17.7 Å². The lowest BCUT2D eigenvalue weighted by Gasteiger charge is -2.04. The molecule has 0 radical (unpaired) electrons. The average molecular weight is 357 g/mol. The summed E-state index contributed by atoms with van der Waals surface area (Å²) in [4.78, 5) is 20.4. The molecule has 0 fully saturated rings. The molecule has 3 rings (SSSR count). The van der Waals surface area contributed by atoms with Crippen LogP contribution < -0.4 is 5.32 Å². The second-order valence-corrected chi connectivity index (χ2v) is 6.45. The molecule has 0 aliphatic heterocycles. The number of furan rings is 1. The molecule has 0 saturated carbocycles. The highest BCUT2D eigenvalue weighted by Crippen LogP contribution is 2.20. The standard InChI is InChI=1S/C17H19N5O2S/c1-11-14(12(2)22-21-11)6-9-18-16(23)15-5-4-13(24-15)10-25-17-19-7-3-8-20-17/h3-5,7-8H,6,9-10H2,1-2H3,(H,18,23)(H,21,22). The Morgan fingerprint density at radius 3 is 2.80 bits per heavy atom. The van der Waals surface area contributed by atoms with Crippen molar-refractivity contribution < 1.29 is 9.21 Å². The van der Waals surface area contributed by atoms with Crippen LogP contribution in [0.4, 0.5) is 0 Å². The summed E-state index contributed by atoms with van der Waals surface area (Å²) in [6.45, 7) is 4.46. The molecule has 0 aliphatic carbocycles. The fourth-order valence-electron chi connectivity index (χ4n) is 2.40. The summed E-state index contributed by atoms with van der Waals surface area (Å²) in [5.41, 5.74) is 3.14. The largest absolute Gasteiger partial charge is 0.455 e. The van der Waals surface area contributed by atoms with E-state index in [-0.39, 0.29) is 5.91 Å². The van der Waals surface area contributed by atoms with E-state index in [0.717, 1.165) is 23.4 Å². The Morgan fingerprint density at radius 2 is 2.08 bits per heavy atom. The molecular weight excluding hydrogens is 338 g/mol. The molecule has 25 heavy (non-hydrogen) atoms. The lowest BCUT2D eigenvalue weighted by molar-refractivity contribution is 0.0925. The number of carbonyl (C=O) groups excluding carboxylic acids is 1. The van der Waals surface area contributed by atoms with Crippen LogP contribution in [0, 0.1) is 13.8 Å². The van der Waals surface area contributed by atoms with Gasteiger partial charge in [0.15, 0.2) is 10.9 Å². The Kier molecular flexibility index (Phi) is 5.49. The van der Waals surface area contributed by atoms with E-state index in [9.17, 15) is 4.79 Å². The van der Waals surface area contributed by atoms with Crippen LogP contribution in [-0.2, 0) is 12.2 Å². The van der Waals surface area contributed by atoms with Crippen LogP contribution in [-0.4, -0.2) is 32.6 Å². The van der Waals surface area contributed by atoms with E-state index in [2.05, 4.69) is 25.5 Å². The van der Waals surface area contributed by atoms with E-state index >= 15 is 0 Å². The van der Waals surface area contributed by atoms with Gasteiger partial charge in [-0.25, -0.2) is 9.97 Å². The minimum atomic E-state index is -0.217. The molecule has 0 saturated heterocycles. The molecule has 0 aliphatic rings. The zero-order valence-electron chi connectivity index (χ0n) is 14.1. The quantitative estimate of drug-likeness (QED) is 0.498. The lowest BCUT2D eigenvalue weighted by Crippen LogP contribution is -2.25. The van der Waals surface area contributed by atoms with E-state index in [0.29, 0.717) is 29.0 Å². The summed E-state index contributed by atoms with van der Waals surface area (Å²) in [5.74, 6) is 1.38. The topological polar surface area (TPSA) is 96.7 Å². The van der Waals surface area contributed by atoms with E-state index in [1.54, 1.807) is 30.6 Å². The van der Waals surface area contributed by atoms with Crippen molar-refractivity contribution in [2.45, 2.75) is 31.2 Å². The van der Waals surface area contributed by atoms with Gasteiger partial charge in [0.05, 0.1) is 11.4 Å². The fraction of sp³-hybridized carbons (Fsp3) is 0.294. The third-order valence-corrected chi connectivity index (χ3v) is 4.61. The van der Waals surface area contributed by atoms with Crippen LogP contribution in [0.2, 0.25) is 0 Å². The molecule has 130 valence electrons. The van der Waals surface area contributed by atoms with Gasteiger partial charge in [0.2, 0.25) is 0 Å². The summed E-state index contributed by atoms with van der Waals surface area (Å²) >= 11 is 1.46. The molecule has 1 amide bonds. The molecular formula is C17H19N5O2S. The number of aromatic nitrogens is 4. The van der Waals surface area contributed by atoms with E-state index in [1.165, 1.54) is 11.8 Å². The summed E-state index contributed by atoms with van der Waals surface area (Å²) in [6.07, 6.45) is 4.12. The maximum atomic E-state index is 12.2. The highest BCUT2D eigenvalue weighted by atomic mass is 32.2. The third-order valence-electron chi connectivity index (χ3n) is 3.71. The van der Waals surface area contributed by atoms with Crippen LogP contribution >= 0.6 is 11.8 Å². The first-order valence-corrected chi connectivity index (χ1v) is 8.89. The van der Waals surface area contributed by atoms with Crippen molar-refractivity contribution in [3.8, 4) is 0 Å². The minimum Gasteiger partial charge on any atom is -0.455 e. The first-order chi connectivity index (χ1) is 12.1. The van der Waals surface area contributed by atoms with Crippen molar-refractivity contribution in [1.82, 2.24) is 25.5 Å². The van der Waals surface area contributed by atoms with Crippen molar-refractivity contribution in [3.05, 3.63) is 59.1 Å². The van der Waals surface area contributed by atoms with Crippen LogP contribution in [0.1, 0.15) is 33.3 Å². The molecule has 7 nitrogen and oxygen atoms in total. The van der Waals surface area contributed by atoms with Gasteiger partial charge in [-0.05, 0) is 44.0 Å². The van der Waals surface area contributed by atoms with Gasteiger partial charge in [0, 0.05) is 24.6 Å².